The zero-order valence-electron chi connectivity index (χ0n) is 12.0. The number of esters is 1. The Labute approximate surface area is 128 Å². The maximum Gasteiger partial charge on any atom is 0.313 e. The summed E-state index contributed by atoms with van der Waals surface area (Å²) in [6.07, 6.45) is 1.63. The molecule has 22 heavy (non-hydrogen) atoms. The first-order valence-electron chi connectivity index (χ1n) is 7.26. The quantitative estimate of drug-likeness (QED) is 0.463. The van der Waals surface area contributed by atoms with Gasteiger partial charge in [0.05, 0.1) is 0 Å². The fraction of sp³-hybridized carbons (Fsp3) is 0.222. The lowest BCUT2D eigenvalue weighted by Gasteiger charge is -2.06. The van der Waals surface area contributed by atoms with Gasteiger partial charge in [-0.2, -0.15) is 0 Å². The average molecular weight is 296 g/mol. The lowest BCUT2D eigenvalue weighted by Crippen LogP contribution is -2.12. The van der Waals surface area contributed by atoms with Gasteiger partial charge in [0.1, 0.15) is 24.0 Å². The van der Waals surface area contributed by atoms with Crippen molar-refractivity contribution in [3.8, 4) is 11.5 Å². The Kier molecular flexibility index (Phi) is 4.19. The third kappa shape index (κ3) is 3.95. The molecular weight excluding hydrogens is 280 g/mol. The molecule has 2 aromatic rings. The fourth-order valence-corrected chi connectivity index (χ4v) is 1.98. The predicted molar refractivity (Wildman–Crippen MR) is 81.0 cm³/mol. The molecule has 0 atom stereocenters. The predicted octanol–water partition coefficient (Wildman–Crippen LogP) is 3.76. The van der Waals surface area contributed by atoms with Gasteiger partial charge in [-0.1, -0.05) is 18.2 Å². The Morgan fingerprint density at radius 3 is 2.18 bits per heavy atom. The van der Waals surface area contributed by atoms with Crippen molar-refractivity contribution in [3.05, 3.63) is 60.2 Å². The largest absolute Gasteiger partial charge is 0.462 e. The fourth-order valence-electron chi connectivity index (χ4n) is 1.98. The Balaban J connectivity index is 1.58. The molecule has 1 aliphatic rings. The molecule has 0 spiro atoms. The molecular formula is C18H16O4. The molecule has 0 aliphatic heterocycles. The molecule has 1 aliphatic carbocycles. The van der Waals surface area contributed by atoms with Gasteiger partial charge in [-0.3, -0.25) is 9.59 Å². The van der Waals surface area contributed by atoms with Crippen LogP contribution >= 0.6 is 0 Å². The number of hydrogen-bond donors (Lipinski definition) is 0. The van der Waals surface area contributed by atoms with Crippen molar-refractivity contribution in [2.45, 2.75) is 25.4 Å². The summed E-state index contributed by atoms with van der Waals surface area (Å²) in [7, 11) is 0. The number of carbonyl (C=O) groups is 2. The summed E-state index contributed by atoms with van der Waals surface area (Å²) in [6.45, 7) is 0. The molecule has 0 heterocycles. The van der Waals surface area contributed by atoms with E-state index in [1.54, 1.807) is 24.3 Å². The molecule has 1 saturated carbocycles. The van der Waals surface area contributed by atoms with Crippen LogP contribution in [0.2, 0.25) is 0 Å². The summed E-state index contributed by atoms with van der Waals surface area (Å²) in [5.41, 5.74) is 0.480. The molecule has 4 nitrogen and oxygen atoms in total. The van der Waals surface area contributed by atoms with Gasteiger partial charge in [0, 0.05) is 5.56 Å². The third-order valence-corrected chi connectivity index (χ3v) is 3.28. The van der Waals surface area contributed by atoms with Gasteiger partial charge < -0.3 is 9.47 Å². The van der Waals surface area contributed by atoms with Gasteiger partial charge in [0.25, 0.3) is 0 Å². The van der Waals surface area contributed by atoms with E-state index in [4.69, 9.17) is 9.47 Å². The van der Waals surface area contributed by atoms with Crippen LogP contribution in [0.1, 0.15) is 29.6 Å². The Bertz CT molecular complexity index is 657. The lowest BCUT2D eigenvalue weighted by atomic mass is 10.1. The Morgan fingerprint density at radius 2 is 1.55 bits per heavy atom. The third-order valence-electron chi connectivity index (χ3n) is 3.28. The molecule has 0 saturated heterocycles. The maximum atomic E-state index is 12.0. The highest BCUT2D eigenvalue weighted by Gasteiger charge is 2.26. The smallest absolute Gasteiger partial charge is 0.313 e. The van der Waals surface area contributed by atoms with Crippen molar-refractivity contribution in [1.29, 1.82) is 0 Å². The Morgan fingerprint density at radius 1 is 0.909 bits per heavy atom. The van der Waals surface area contributed by atoms with E-state index >= 15 is 0 Å². The van der Waals surface area contributed by atoms with E-state index in [1.807, 2.05) is 30.3 Å². The minimum atomic E-state index is -0.447. The second kappa shape index (κ2) is 6.43. The van der Waals surface area contributed by atoms with E-state index in [0.717, 1.165) is 18.6 Å². The first-order chi connectivity index (χ1) is 10.7. The van der Waals surface area contributed by atoms with Crippen molar-refractivity contribution >= 4 is 11.8 Å². The van der Waals surface area contributed by atoms with Crippen LogP contribution in [0.5, 0.6) is 11.5 Å². The van der Waals surface area contributed by atoms with E-state index in [1.165, 1.54) is 0 Å². The number of benzene rings is 2. The standard InChI is InChI=1S/C18H16O4/c19-17(12-18(20)22-16-10-11-16)13-6-8-15(9-7-13)21-14-4-2-1-3-5-14/h1-9,16H,10-12H2. The topological polar surface area (TPSA) is 52.6 Å². The van der Waals surface area contributed by atoms with Gasteiger partial charge in [0.2, 0.25) is 0 Å². The van der Waals surface area contributed by atoms with Crippen LogP contribution in [0.4, 0.5) is 0 Å². The molecule has 112 valence electrons. The van der Waals surface area contributed by atoms with Crippen LogP contribution in [0.15, 0.2) is 54.6 Å². The normalized spacial score (nSPS) is 13.5. The lowest BCUT2D eigenvalue weighted by molar-refractivity contribution is -0.143. The van der Waals surface area contributed by atoms with E-state index in [0.29, 0.717) is 11.3 Å². The summed E-state index contributed by atoms with van der Waals surface area (Å²) < 4.78 is 10.7. The number of Topliss-reactive ketones (excluding diaryl/α,β-unsaturated/α-hetero) is 1. The minimum absolute atomic E-state index is 0.0296. The van der Waals surface area contributed by atoms with Crippen molar-refractivity contribution in [1.82, 2.24) is 0 Å². The molecule has 0 aromatic heterocycles. The SMILES string of the molecule is O=C(CC(=O)c1ccc(Oc2ccccc2)cc1)OC1CC1. The van der Waals surface area contributed by atoms with Gasteiger partial charge >= 0.3 is 5.97 Å². The molecule has 3 rings (SSSR count). The molecule has 4 heteroatoms. The first kappa shape index (κ1) is 14.3. The van der Waals surface area contributed by atoms with Gasteiger partial charge in [-0.05, 0) is 49.2 Å². The zero-order chi connectivity index (χ0) is 15.4. The monoisotopic (exact) mass is 296 g/mol. The second-order valence-corrected chi connectivity index (χ2v) is 5.23. The number of hydrogen-bond acceptors (Lipinski definition) is 4. The molecule has 2 aromatic carbocycles. The van der Waals surface area contributed by atoms with E-state index in [-0.39, 0.29) is 18.3 Å². The van der Waals surface area contributed by atoms with Crippen molar-refractivity contribution < 1.29 is 19.1 Å². The number of ketones is 1. The second-order valence-electron chi connectivity index (χ2n) is 5.23. The number of para-hydroxylation sites is 1. The van der Waals surface area contributed by atoms with Crippen LogP contribution in [0, 0.1) is 0 Å². The molecule has 0 unspecified atom stereocenters. The highest BCUT2D eigenvalue weighted by atomic mass is 16.5. The maximum absolute atomic E-state index is 12.0. The van der Waals surface area contributed by atoms with Gasteiger partial charge in [-0.25, -0.2) is 0 Å². The molecule has 0 radical (unpaired) electrons. The van der Waals surface area contributed by atoms with Crippen LogP contribution in [0.3, 0.4) is 0 Å². The summed E-state index contributed by atoms with van der Waals surface area (Å²) in [5, 5.41) is 0. The molecule has 0 bridgehead atoms. The highest BCUT2D eigenvalue weighted by molar-refractivity contribution is 6.06. The summed E-state index contributed by atoms with van der Waals surface area (Å²) in [4.78, 5) is 23.5. The number of carbonyl (C=O) groups excluding carboxylic acids is 2. The summed E-state index contributed by atoms with van der Waals surface area (Å²) in [5.74, 6) is 0.687. The number of ether oxygens (including phenoxy) is 2. The Hall–Kier alpha value is -2.62. The van der Waals surface area contributed by atoms with Crippen molar-refractivity contribution in [3.63, 3.8) is 0 Å². The van der Waals surface area contributed by atoms with E-state index in [9.17, 15) is 9.59 Å². The van der Waals surface area contributed by atoms with Crippen molar-refractivity contribution in [2.24, 2.45) is 0 Å². The van der Waals surface area contributed by atoms with E-state index < -0.39 is 5.97 Å². The molecule has 0 amide bonds. The molecule has 0 N–H and O–H groups in total. The highest BCUT2D eigenvalue weighted by Crippen LogP contribution is 2.24. The minimum Gasteiger partial charge on any atom is -0.462 e. The van der Waals surface area contributed by atoms with Crippen LogP contribution in [-0.2, 0) is 9.53 Å². The van der Waals surface area contributed by atoms with Crippen LogP contribution < -0.4 is 4.74 Å². The van der Waals surface area contributed by atoms with Crippen LogP contribution in [-0.4, -0.2) is 17.9 Å². The zero-order valence-corrected chi connectivity index (χ0v) is 12.0. The first-order valence-corrected chi connectivity index (χ1v) is 7.26. The summed E-state index contributed by atoms with van der Waals surface area (Å²) in [6, 6.07) is 16.1. The van der Waals surface area contributed by atoms with E-state index in [2.05, 4.69) is 0 Å². The van der Waals surface area contributed by atoms with Gasteiger partial charge in [-0.15, -0.1) is 0 Å². The van der Waals surface area contributed by atoms with Crippen LogP contribution in [0.25, 0.3) is 0 Å². The average Bonchev–Trinajstić information content (AvgIpc) is 3.32. The van der Waals surface area contributed by atoms with Crippen molar-refractivity contribution in [2.75, 3.05) is 0 Å². The summed E-state index contributed by atoms with van der Waals surface area (Å²) >= 11 is 0. The molecule has 1 fully saturated rings. The number of rotatable bonds is 6. The van der Waals surface area contributed by atoms with Gasteiger partial charge in [0.15, 0.2) is 5.78 Å².